The maximum absolute atomic E-state index is 13.2. The van der Waals surface area contributed by atoms with Crippen LogP contribution in [0.3, 0.4) is 0 Å². The standard InChI is InChI=1S/C19H26N2O2/c1-12-6-7-13(2)14(10-12)20-16(22)19-9-8-18(5,17(19,3)4)15(11-19)21-23/h6-7,10,23H,8-9,11H2,1-5H3,(H,20,22)/b21-15+. The summed E-state index contributed by atoms with van der Waals surface area (Å²) in [5.41, 5.74) is 2.90. The summed E-state index contributed by atoms with van der Waals surface area (Å²) in [7, 11) is 0. The van der Waals surface area contributed by atoms with Crippen molar-refractivity contribution in [3.8, 4) is 0 Å². The first kappa shape index (κ1) is 16.0. The Morgan fingerprint density at radius 1 is 1.22 bits per heavy atom. The van der Waals surface area contributed by atoms with Crippen molar-refractivity contribution in [3.05, 3.63) is 29.3 Å². The van der Waals surface area contributed by atoms with E-state index >= 15 is 0 Å². The summed E-state index contributed by atoms with van der Waals surface area (Å²) in [6.07, 6.45) is 2.27. The zero-order chi connectivity index (χ0) is 17.0. The lowest BCUT2D eigenvalue weighted by Gasteiger charge is -2.39. The van der Waals surface area contributed by atoms with E-state index in [0.717, 1.165) is 35.4 Å². The van der Waals surface area contributed by atoms with Crippen LogP contribution in [0.2, 0.25) is 0 Å². The maximum atomic E-state index is 13.2. The molecule has 4 heteroatoms. The van der Waals surface area contributed by atoms with Crippen LogP contribution >= 0.6 is 0 Å². The largest absolute Gasteiger partial charge is 0.411 e. The minimum absolute atomic E-state index is 0.0542. The molecule has 0 spiro atoms. The number of amides is 1. The molecule has 2 unspecified atom stereocenters. The summed E-state index contributed by atoms with van der Waals surface area (Å²) < 4.78 is 0. The Labute approximate surface area is 138 Å². The van der Waals surface area contributed by atoms with Crippen LogP contribution in [-0.2, 0) is 4.79 Å². The quantitative estimate of drug-likeness (QED) is 0.632. The smallest absolute Gasteiger partial charge is 0.231 e. The van der Waals surface area contributed by atoms with Gasteiger partial charge in [0.1, 0.15) is 0 Å². The summed E-state index contributed by atoms with van der Waals surface area (Å²) in [5, 5.41) is 16.1. The van der Waals surface area contributed by atoms with Crippen LogP contribution in [0.25, 0.3) is 0 Å². The van der Waals surface area contributed by atoms with E-state index < -0.39 is 5.41 Å². The average Bonchev–Trinajstić information content (AvgIpc) is 2.80. The van der Waals surface area contributed by atoms with E-state index in [1.807, 2.05) is 32.0 Å². The molecule has 4 nitrogen and oxygen atoms in total. The number of rotatable bonds is 2. The Hall–Kier alpha value is -1.84. The van der Waals surface area contributed by atoms with Crippen molar-refractivity contribution in [2.24, 2.45) is 21.4 Å². The van der Waals surface area contributed by atoms with Crippen molar-refractivity contribution in [2.75, 3.05) is 5.32 Å². The molecule has 23 heavy (non-hydrogen) atoms. The van der Waals surface area contributed by atoms with Gasteiger partial charge >= 0.3 is 0 Å². The monoisotopic (exact) mass is 314 g/mol. The third kappa shape index (κ3) is 1.90. The first-order chi connectivity index (χ1) is 10.7. The first-order valence-electron chi connectivity index (χ1n) is 8.28. The molecule has 0 aliphatic heterocycles. The zero-order valence-corrected chi connectivity index (χ0v) is 14.7. The second-order valence-electron chi connectivity index (χ2n) is 8.04. The number of hydrogen-bond acceptors (Lipinski definition) is 3. The van der Waals surface area contributed by atoms with Crippen LogP contribution < -0.4 is 5.32 Å². The molecule has 2 aliphatic carbocycles. The predicted octanol–water partition coefficient (Wildman–Crippen LogP) is 4.29. The SMILES string of the molecule is Cc1ccc(C)c(NC(=O)C23CCC(C)(/C(=N/O)C2)C3(C)C)c1. The van der Waals surface area contributed by atoms with Crippen molar-refractivity contribution in [1.82, 2.24) is 0 Å². The topological polar surface area (TPSA) is 61.7 Å². The molecule has 0 aromatic heterocycles. The summed E-state index contributed by atoms with van der Waals surface area (Å²) >= 11 is 0. The highest BCUT2D eigenvalue weighted by atomic mass is 16.4. The number of nitrogens with one attached hydrogen (secondary N) is 1. The third-order valence-corrected chi connectivity index (χ3v) is 6.93. The molecule has 1 aromatic rings. The second kappa shape index (κ2) is 4.83. The van der Waals surface area contributed by atoms with Gasteiger partial charge in [-0.3, -0.25) is 4.79 Å². The molecule has 2 bridgehead atoms. The fourth-order valence-corrected chi connectivity index (χ4v) is 4.65. The zero-order valence-electron chi connectivity index (χ0n) is 14.7. The predicted molar refractivity (Wildman–Crippen MR) is 91.9 cm³/mol. The molecule has 2 N–H and O–H groups in total. The van der Waals surface area contributed by atoms with Crippen molar-refractivity contribution in [2.45, 2.75) is 53.9 Å². The Balaban J connectivity index is 1.98. The lowest BCUT2D eigenvalue weighted by molar-refractivity contribution is -0.130. The van der Waals surface area contributed by atoms with Crippen LogP contribution in [0.4, 0.5) is 5.69 Å². The minimum atomic E-state index is -0.500. The highest BCUT2D eigenvalue weighted by Gasteiger charge is 2.71. The van der Waals surface area contributed by atoms with Gasteiger partial charge in [-0.1, -0.05) is 38.1 Å². The fourth-order valence-electron chi connectivity index (χ4n) is 4.65. The molecule has 0 saturated heterocycles. The number of hydrogen-bond donors (Lipinski definition) is 2. The van der Waals surface area contributed by atoms with Gasteiger partial charge in [0.25, 0.3) is 0 Å². The van der Waals surface area contributed by atoms with Gasteiger partial charge in [0.15, 0.2) is 0 Å². The molecule has 2 atom stereocenters. The summed E-state index contributed by atoms with van der Waals surface area (Å²) in [6, 6.07) is 6.09. The van der Waals surface area contributed by atoms with Gasteiger partial charge in [0, 0.05) is 17.5 Å². The lowest BCUT2D eigenvalue weighted by atomic mass is 9.64. The van der Waals surface area contributed by atoms with Crippen molar-refractivity contribution < 1.29 is 10.0 Å². The number of aryl methyl sites for hydroxylation is 2. The van der Waals surface area contributed by atoms with Crippen molar-refractivity contribution in [1.29, 1.82) is 0 Å². The van der Waals surface area contributed by atoms with Gasteiger partial charge in [0.05, 0.1) is 11.1 Å². The molecule has 1 amide bonds. The number of nitrogens with zero attached hydrogens (tertiary/aromatic N) is 1. The van der Waals surface area contributed by atoms with Crippen LogP contribution in [0.15, 0.2) is 23.4 Å². The Bertz CT molecular complexity index is 707. The van der Waals surface area contributed by atoms with Crippen LogP contribution in [-0.4, -0.2) is 16.8 Å². The maximum Gasteiger partial charge on any atom is 0.231 e. The summed E-state index contributed by atoms with van der Waals surface area (Å²) in [5.74, 6) is 0.0542. The first-order valence-corrected chi connectivity index (χ1v) is 8.28. The Kier molecular flexibility index (Phi) is 3.36. The third-order valence-electron chi connectivity index (χ3n) is 6.93. The van der Waals surface area contributed by atoms with Crippen LogP contribution in [0.1, 0.15) is 51.2 Å². The van der Waals surface area contributed by atoms with Gasteiger partial charge in [-0.25, -0.2) is 0 Å². The van der Waals surface area contributed by atoms with Gasteiger partial charge in [-0.2, -0.15) is 0 Å². The molecule has 3 rings (SSSR count). The lowest BCUT2D eigenvalue weighted by Crippen LogP contribution is -2.43. The van der Waals surface area contributed by atoms with E-state index in [9.17, 15) is 10.0 Å². The molecule has 2 fully saturated rings. The van der Waals surface area contributed by atoms with E-state index in [0.29, 0.717) is 6.42 Å². The van der Waals surface area contributed by atoms with Gasteiger partial charge in [-0.05, 0) is 49.3 Å². The van der Waals surface area contributed by atoms with Gasteiger partial charge in [-0.15, -0.1) is 0 Å². The molecule has 0 heterocycles. The number of carbonyl (C=O) groups excluding carboxylic acids is 1. The molecule has 2 saturated carbocycles. The van der Waals surface area contributed by atoms with E-state index in [1.54, 1.807) is 0 Å². The van der Waals surface area contributed by atoms with Crippen LogP contribution in [0, 0.1) is 30.1 Å². The van der Waals surface area contributed by atoms with E-state index in [1.165, 1.54) is 0 Å². The molecule has 2 aliphatic rings. The normalized spacial score (nSPS) is 33.2. The number of fused-ring (bicyclic) bond motifs is 2. The van der Waals surface area contributed by atoms with E-state index in [4.69, 9.17) is 0 Å². The van der Waals surface area contributed by atoms with Gasteiger partial charge < -0.3 is 10.5 Å². The van der Waals surface area contributed by atoms with E-state index in [-0.39, 0.29) is 16.7 Å². The summed E-state index contributed by atoms with van der Waals surface area (Å²) in [6.45, 7) is 10.4. The second-order valence-corrected chi connectivity index (χ2v) is 8.04. The average molecular weight is 314 g/mol. The number of anilines is 1. The number of oxime groups is 1. The van der Waals surface area contributed by atoms with Crippen LogP contribution in [0.5, 0.6) is 0 Å². The van der Waals surface area contributed by atoms with Crippen molar-refractivity contribution >= 4 is 17.3 Å². The minimum Gasteiger partial charge on any atom is -0.411 e. The number of benzene rings is 1. The van der Waals surface area contributed by atoms with E-state index in [2.05, 4.69) is 31.2 Å². The highest BCUT2D eigenvalue weighted by Crippen LogP contribution is 2.71. The number of carbonyl (C=O) groups is 1. The highest BCUT2D eigenvalue weighted by molar-refractivity contribution is 6.06. The molecular weight excluding hydrogens is 288 g/mol. The molecule has 124 valence electrons. The Morgan fingerprint density at radius 2 is 1.91 bits per heavy atom. The fraction of sp³-hybridized carbons (Fsp3) is 0.579. The van der Waals surface area contributed by atoms with Crippen molar-refractivity contribution in [3.63, 3.8) is 0 Å². The molecular formula is C19H26N2O2. The summed E-state index contributed by atoms with van der Waals surface area (Å²) in [4.78, 5) is 13.2. The molecule has 1 aromatic carbocycles. The molecule has 0 radical (unpaired) electrons. The Morgan fingerprint density at radius 3 is 2.52 bits per heavy atom. The van der Waals surface area contributed by atoms with Gasteiger partial charge in [0.2, 0.25) is 5.91 Å².